The third-order valence-electron chi connectivity index (χ3n) is 14.6. The molecule has 0 amide bonds. The molecule has 4 heterocycles. The van der Waals surface area contributed by atoms with E-state index in [1.807, 2.05) is 36.4 Å². The van der Waals surface area contributed by atoms with Crippen LogP contribution in [0.2, 0.25) is 0 Å². The lowest BCUT2D eigenvalue weighted by molar-refractivity contribution is -0.741. The van der Waals surface area contributed by atoms with Gasteiger partial charge in [0.2, 0.25) is 11.6 Å². The Kier molecular flexibility index (Phi) is 8.76. The van der Waals surface area contributed by atoms with Crippen molar-refractivity contribution in [3.05, 3.63) is 205 Å². The maximum absolute atomic E-state index is 5.27. The van der Waals surface area contributed by atoms with Crippen LogP contribution in [0.25, 0.3) is 101 Å². The van der Waals surface area contributed by atoms with Crippen LogP contribution in [-0.2, 0) is 11.0 Å². The van der Waals surface area contributed by atoms with Gasteiger partial charge in [0.05, 0.1) is 16.6 Å². The highest BCUT2D eigenvalue weighted by atomic mass is 15.2. The third kappa shape index (κ3) is 5.85. The second-order valence-electron chi connectivity index (χ2n) is 18.2. The van der Waals surface area contributed by atoms with Gasteiger partial charge in [-0.1, -0.05) is 156 Å². The van der Waals surface area contributed by atoms with Gasteiger partial charge in [0, 0.05) is 57.9 Å². The van der Waals surface area contributed by atoms with E-state index in [2.05, 4.69) is 183 Å². The first kappa shape index (κ1) is 38.9. The van der Waals surface area contributed by atoms with E-state index in [0.29, 0.717) is 17.6 Å². The molecule has 5 nitrogen and oxygen atoms in total. The molecule has 10 aromatic rings. The number of benzene rings is 7. The topological polar surface area (TPSA) is 47.5 Å². The molecule has 2 aliphatic rings. The van der Waals surface area contributed by atoms with Crippen LogP contribution in [0.5, 0.6) is 0 Å². The van der Waals surface area contributed by atoms with Gasteiger partial charge in [0.1, 0.15) is 0 Å². The van der Waals surface area contributed by atoms with E-state index in [1.165, 1.54) is 55.8 Å². The first-order valence-corrected chi connectivity index (χ1v) is 22.8. The number of hydrogen-bond donors (Lipinski definition) is 0. The van der Waals surface area contributed by atoms with Gasteiger partial charge in [-0.2, -0.15) is 14.5 Å². The Morgan fingerprint density at radius 2 is 1.08 bits per heavy atom. The summed E-state index contributed by atoms with van der Waals surface area (Å²) in [7, 11) is 0. The van der Waals surface area contributed by atoms with Crippen molar-refractivity contribution in [3.63, 3.8) is 0 Å². The number of allylic oxidation sites excluding steroid dienone is 1. The summed E-state index contributed by atoms with van der Waals surface area (Å²) < 4.78 is 4.72. The minimum Gasteiger partial charge on any atom is -0.278 e. The summed E-state index contributed by atoms with van der Waals surface area (Å²) >= 11 is 0. The zero-order chi connectivity index (χ0) is 44.0. The quantitative estimate of drug-likeness (QED) is 0.150. The van der Waals surface area contributed by atoms with Gasteiger partial charge >= 0.3 is 0 Å². The zero-order valence-electron chi connectivity index (χ0n) is 37.2. The van der Waals surface area contributed by atoms with Crippen molar-refractivity contribution < 1.29 is 4.57 Å². The Morgan fingerprint density at radius 1 is 0.477 bits per heavy atom. The molecule has 0 atom stereocenters. The lowest BCUT2D eigenvalue weighted by atomic mass is 9.75. The average Bonchev–Trinajstić information content (AvgIpc) is 3.80. The third-order valence-corrected chi connectivity index (χ3v) is 14.6. The Morgan fingerprint density at radius 3 is 1.78 bits per heavy atom. The molecule has 0 saturated heterocycles. The van der Waals surface area contributed by atoms with Crippen LogP contribution in [-0.4, -0.2) is 19.5 Å². The van der Waals surface area contributed by atoms with Crippen molar-refractivity contribution in [2.45, 2.75) is 51.5 Å². The van der Waals surface area contributed by atoms with Crippen LogP contribution in [0.15, 0.2) is 189 Å². The second kappa shape index (κ2) is 14.6. The molecule has 0 N–H and O–H groups in total. The molecule has 0 radical (unpaired) electrons. The first-order chi connectivity index (χ1) is 31.8. The van der Waals surface area contributed by atoms with E-state index in [9.17, 15) is 0 Å². The van der Waals surface area contributed by atoms with Crippen molar-refractivity contribution in [1.82, 2.24) is 19.5 Å². The molecule has 3 aromatic heterocycles. The fraction of sp³-hybridized carbons (Fsp3) is 0.133. The Labute approximate surface area is 380 Å². The van der Waals surface area contributed by atoms with Crippen molar-refractivity contribution in [2.75, 3.05) is 0 Å². The number of nitrogens with zero attached hydrogens (tertiary/aromatic N) is 5. The average molecular weight is 839 g/mol. The van der Waals surface area contributed by atoms with Crippen LogP contribution in [0.3, 0.4) is 0 Å². The lowest BCUT2D eigenvalue weighted by Gasteiger charge is -2.34. The van der Waals surface area contributed by atoms with E-state index in [0.717, 1.165) is 56.9 Å². The molecule has 12 rings (SSSR count). The van der Waals surface area contributed by atoms with Crippen molar-refractivity contribution >= 4 is 27.4 Å². The fourth-order valence-electron chi connectivity index (χ4n) is 11.0. The Balaban J connectivity index is 1.05. The Hall–Kier alpha value is -7.76. The highest BCUT2D eigenvalue weighted by Gasteiger charge is 2.46. The van der Waals surface area contributed by atoms with E-state index in [1.54, 1.807) is 0 Å². The van der Waals surface area contributed by atoms with Gasteiger partial charge in [0.25, 0.3) is 0 Å². The zero-order valence-corrected chi connectivity index (χ0v) is 37.2. The smallest absolute Gasteiger partial charge is 0.238 e. The van der Waals surface area contributed by atoms with Gasteiger partial charge in [0.15, 0.2) is 23.4 Å². The summed E-state index contributed by atoms with van der Waals surface area (Å²) in [6, 6.07) is 63.4. The molecule has 1 aliphatic heterocycles. The lowest BCUT2D eigenvalue weighted by Crippen LogP contribution is -2.59. The van der Waals surface area contributed by atoms with Crippen LogP contribution < -0.4 is 4.57 Å². The molecular formula is C60H48N5+. The van der Waals surface area contributed by atoms with Crippen molar-refractivity contribution in [3.8, 4) is 73.4 Å². The molecule has 0 bridgehead atoms. The molecule has 312 valence electrons. The minimum absolute atomic E-state index is 0.135. The van der Waals surface area contributed by atoms with Gasteiger partial charge < -0.3 is 0 Å². The normalized spacial score (nSPS) is 14.2. The number of aromatic nitrogens is 5. The summed E-state index contributed by atoms with van der Waals surface area (Å²) in [5.74, 6) is 1.86. The van der Waals surface area contributed by atoms with Gasteiger partial charge in [-0.25, -0.2) is 4.98 Å². The summed E-state index contributed by atoms with van der Waals surface area (Å²) in [6.45, 7) is 13.9. The molecule has 1 aliphatic carbocycles. The number of pyridine rings is 1. The SMILES string of the molecule is C=C1c2ccc(-c3cccc(-c4ccc5c(c4)c4cc6c(cc4n5-c4nc(-c5ccccc5)nc(-c5ccccc5)n4)C(C)(C)c4ccccc4-6)c3)cc2-c2cccc[n+]2C1(CC)CC. The predicted octanol–water partition coefficient (Wildman–Crippen LogP) is 14.4. The molecule has 0 saturated carbocycles. The van der Waals surface area contributed by atoms with E-state index < -0.39 is 0 Å². The largest absolute Gasteiger partial charge is 0.278 e. The number of hydrogen-bond acceptors (Lipinski definition) is 3. The Bertz CT molecular complexity index is 3500. The monoisotopic (exact) mass is 838 g/mol. The van der Waals surface area contributed by atoms with E-state index in [4.69, 9.17) is 21.5 Å². The summed E-state index contributed by atoms with van der Waals surface area (Å²) in [4.78, 5) is 15.6. The maximum Gasteiger partial charge on any atom is 0.238 e. The molecule has 7 aromatic carbocycles. The molecule has 0 fully saturated rings. The summed E-state index contributed by atoms with van der Waals surface area (Å²) in [6.07, 6.45) is 4.21. The minimum atomic E-state index is -0.184. The van der Waals surface area contributed by atoms with Crippen LogP contribution >= 0.6 is 0 Å². The number of rotatable bonds is 7. The predicted molar refractivity (Wildman–Crippen MR) is 267 cm³/mol. The van der Waals surface area contributed by atoms with Crippen LogP contribution in [0.1, 0.15) is 57.2 Å². The van der Waals surface area contributed by atoms with Gasteiger partial charge in [-0.15, -0.1) is 0 Å². The molecule has 0 unspecified atom stereocenters. The van der Waals surface area contributed by atoms with Crippen LogP contribution in [0, 0.1) is 0 Å². The highest BCUT2D eigenvalue weighted by molar-refractivity contribution is 6.12. The van der Waals surface area contributed by atoms with Crippen molar-refractivity contribution in [1.29, 1.82) is 0 Å². The summed E-state index contributed by atoms with van der Waals surface area (Å²) in [5, 5.41) is 2.31. The number of fused-ring (bicyclic) bond motifs is 9. The van der Waals surface area contributed by atoms with Gasteiger partial charge in [-0.05, 0) is 92.5 Å². The van der Waals surface area contributed by atoms with E-state index >= 15 is 0 Å². The standard InChI is InChI=1S/C60H48N5/c1-6-60(7-2)38(3)45-30-28-43(34-48(45)53-27-16-17-32-64(53)60)41-23-18-24-42(33-41)44-29-31-54-49(35-44)50-36-47-46-25-14-15-26-51(46)59(4,5)52(47)37-55(50)65(54)58-62-56(39-19-10-8-11-20-39)61-57(63-58)40-21-12-9-13-22-40/h8-37H,3,6-7H2,1-2,4-5H3/q+1. The van der Waals surface area contributed by atoms with Crippen LogP contribution in [0.4, 0.5) is 0 Å². The molecule has 0 spiro atoms. The first-order valence-electron chi connectivity index (χ1n) is 22.8. The highest BCUT2D eigenvalue weighted by Crippen LogP contribution is 2.51. The van der Waals surface area contributed by atoms with Gasteiger partial charge in [-0.3, -0.25) is 4.57 Å². The molecule has 5 heteroatoms. The maximum atomic E-state index is 5.27. The molecule has 65 heavy (non-hydrogen) atoms. The summed E-state index contributed by atoms with van der Waals surface area (Å²) in [5.41, 5.74) is 18.4. The second-order valence-corrected chi connectivity index (χ2v) is 18.2. The van der Waals surface area contributed by atoms with Crippen molar-refractivity contribution in [2.24, 2.45) is 0 Å². The van der Waals surface area contributed by atoms with E-state index in [-0.39, 0.29) is 11.0 Å². The molecular weight excluding hydrogens is 791 g/mol. The fourth-order valence-corrected chi connectivity index (χ4v) is 11.0.